The highest BCUT2D eigenvalue weighted by atomic mass is 35.5. The highest BCUT2D eigenvalue weighted by molar-refractivity contribution is 6.47. The quantitative estimate of drug-likeness (QED) is 0.665. The second kappa shape index (κ2) is 7.57. The lowest BCUT2D eigenvalue weighted by Crippen LogP contribution is -2.37. The Morgan fingerprint density at radius 3 is 2.21 bits per heavy atom. The Kier molecular flexibility index (Phi) is 5.13. The molecule has 144 valence electrons. The van der Waals surface area contributed by atoms with Crippen LogP contribution in [0.15, 0.2) is 48.2 Å². The second-order valence-corrected chi connectivity index (χ2v) is 7.66. The van der Waals surface area contributed by atoms with Crippen molar-refractivity contribution in [1.82, 2.24) is 4.90 Å². The monoisotopic (exact) mass is 418 g/mol. The van der Waals surface area contributed by atoms with Crippen molar-refractivity contribution in [3.8, 4) is 0 Å². The lowest BCUT2D eigenvalue weighted by molar-refractivity contribution is -0.120. The molecule has 0 aromatic heterocycles. The predicted molar refractivity (Wildman–Crippen MR) is 108 cm³/mol. The fourth-order valence-electron chi connectivity index (χ4n) is 3.68. The maximum Gasteiger partial charge on any atom is 0.282 e. The summed E-state index contributed by atoms with van der Waals surface area (Å²) in [5.74, 6) is -1.33. The molecule has 4 nitrogen and oxygen atoms in total. The van der Waals surface area contributed by atoms with Crippen molar-refractivity contribution in [3.63, 3.8) is 0 Å². The first-order valence-electron chi connectivity index (χ1n) is 9.06. The molecule has 2 aliphatic rings. The molecule has 2 heterocycles. The van der Waals surface area contributed by atoms with Gasteiger partial charge in [0.15, 0.2) is 0 Å². The summed E-state index contributed by atoms with van der Waals surface area (Å²) in [6, 6.07) is 10.2. The molecule has 2 aromatic carbocycles. The molecular weight excluding hydrogens is 402 g/mol. The smallest absolute Gasteiger partial charge is 0.282 e. The van der Waals surface area contributed by atoms with E-state index < -0.39 is 17.6 Å². The van der Waals surface area contributed by atoms with Crippen molar-refractivity contribution in [2.45, 2.75) is 19.3 Å². The number of piperidine rings is 1. The Labute approximate surface area is 172 Å². The Hall–Kier alpha value is -2.37. The average Bonchev–Trinajstić information content (AvgIpc) is 2.95. The van der Waals surface area contributed by atoms with Crippen molar-refractivity contribution in [2.75, 3.05) is 18.0 Å². The number of benzene rings is 2. The van der Waals surface area contributed by atoms with Crippen LogP contribution in [0.5, 0.6) is 0 Å². The van der Waals surface area contributed by atoms with Crippen LogP contribution in [0.1, 0.15) is 24.8 Å². The van der Waals surface area contributed by atoms with Gasteiger partial charge in [0.05, 0.1) is 16.3 Å². The van der Waals surface area contributed by atoms with Gasteiger partial charge < -0.3 is 4.90 Å². The van der Waals surface area contributed by atoms with Gasteiger partial charge in [-0.1, -0.05) is 35.3 Å². The van der Waals surface area contributed by atoms with Crippen LogP contribution in [-0.4, -0.2) is 29.8 Å². The van der Waals surface area contributed by atoms with Gasteiger partial charge in [0, 0.05) is 18.1 Å². The molecule has 0 atom stereocenters. The lowest BCUT2D eigenvalue weighted by atomic mass is 10.0. The number of rotatable bonds is 3. The van der Waals surface area contributed by atoms with E-state index in [2.05, 4.69) is 0 Å². The number of carbonyl (C=O) groups is 2. The lowest BCUT2D eigenvalue weighted by Gasteiger charge is -2.29. The maximum absolute atomic E-state index is 13.4. The zero-order valence-corrected chi connectivity index (χ0v) is 16.4. The Morgan fingerprint density at radius 1 is 0.857 bits per heavy atom. The van der Waals surface area contributed by atoms with Gasteiger partial charge in [-0.2, -0.15) is 0 Å². The third kappa shape index (κ3) is 3.29. The minimum atomic E-state index is -0.485. The van der Waals surface area contributed by atoms with Gasteiger partial charge >= 0.3 is 0 Å². The summed E-state index contributed by atoms with van der Waals surface area (Å²) in [7, 11) is 0. The first kappa shape index (κ1) is 19.0. The van der Waals surface area contributed by atoms with Crippen LogP contribution in [0.3, 0.4) is 0 Å². The molecular formula is C21H17Cl2FN2O2. The van der Waals surface area contributed by atoms with Gasteiger partial charge in [-0.05, 0) is 55.2 Å². The Morgan fingerprint density at radius 2 is 1.54 bits per heavy atom. The molecule has 0 radical (unpaired) electrons. The van der Waals surface area contributed by atoms with Gasteiger partial charge in [0.2, 0.25) is 0 Å². The summed E-state index contributed by atoms with van der Waals surface area (Å²) in [6.07, 6.45) is 2.97. The summed E-state index contributed by atoms with van der Waals surface area (Å²) in [4.78, 5) is 29.7. The van der Waals surface area contributed by atoms with Crippen LogP contribution in [0.25, 0.3) is 5.57 Å². The predicted octanol–water partition coefficient (Wildman–Crippen LogP) is 4.90. The van der Waals surface area contributed by atoms with Crippen LogP contribution < -0.4 is 4.90 Å². The largest absolute Gasteiger partial charge is 0.366 e. The van der Waals surface area contributed by atoms with E-state index in [1.54, 1.807) is 12.1 Å². The van der Waals surface area contributed by atoms with Gasteiger partial charge in [0.25, 0.3) is 11.8 Å². The van der Waals surface area contributed by atoms with Gasteiger partial charge in [-0.25, -0.2) is 9.29 Å². The van der Waals surface area contributed by atoms with Crippen molar-refractivity contribution in [1.29, 1.82) is 0 Å². The van der Waals surface area contributed by atoms with Crippen LogP contribution in [0.4, 0.5) is 10.1 Å². The van der Waals surface area contributed by atoms with E-state index in [-0.39, 0.29) is 16.3 Å². The fourth-order valence-corrected chi connectivity index (χ4v) is 4.05. The highest BCUT2D eigenvalue weighted by Crippen LogP contribution is 2.39. The van der Waals surface area contributed by atoms with Crippen molar-refractivity contribution >= 4 is 46.3 Å². The average molecular weight is 419 g/mol. The Balaban J connectivity index is 1.85. The zero-order chi connectivity index (χ0) is 19.8. The summed E-state index contributed by atoms with van der Waals surface area (Å²) < 4.78 is 13.4. The van der Waals surface area contributed by atoms with E-state index in [4.69, 9.17) is 23.2 Å². The number of anilines is 1. The second-order valence-electron chi connectivity index (χ2n) is 6.82. The van der Waals surface area contributed by atoms with E-state index in [0.717, 1.165) is 24.2 Å². The van der Waals surface area contributed by atoms with Gasteiger partial charge in [0.1, 0.15) is 11.5 Å². The zero-order valence-electron chi connectivity index (χ0n) is 14.9. The van der Waals surface area contributed by atoms with E-state index in [1.807, 2.05) is 4.90 Å². The topological polar surface area (TPSA) is 40.6 Å². The molecule has 1 saturated heterocycles. The van der Waals surface area contributed by atoms with Gasteiger partial charge in [-0.3, -0.25) is 9.59 Å². The SMILES string of the molecule is O=C1C(c2ccc(F)cc2)=C(N2CCCCC2)C(=O)N1c1cc(Cl)ccc1Cl. The number of imide groups is 1. The third-order valence-corrected chi connectivity index (χ3v) is 5.57. The van der Waals surface area contributed by atoms with E-state index >= 15 is 0 Å². The Bertz CT molecular complexity index is 982. The molecule has 0 saturated carbocycles. The number of halogens is 3. The molecule has 7 heteroatoms. The summed E-state index contributed by atoms with van der Waals surface area (Å²) >= 11 is 12.3. The third-order valence-electron chi connectivity index (χ3n) is 5.01. The maximum atomic E-state index is 13.4. The molecule has 0 spiro atoms. The van der Waals surface area contributed by atoms with Crippen molar-refractivity contribution < 1.29 is 14.0 Å². The molecule has 2 aromatic rings. The van der Waals surface area contributed by atoms with Crippen molar-refractivity contribution in [3.05, 3.63) is 69.6 Å². The van der Waals surface area contributed by atoms with Crippen molar-refractivity contribution in [2.24, 2.45) is 0 Å². The first-order valence-corrected chi connectivity index (χ1v) is 9.82. The van der Waals surface area contributed by atoms with Crippen LogP contribution in [0, 0.1) is 5.82 Å². The van der Waals surface area contributed by atoms with Crippen LogP contribution >= 0.6 is 23.2 Å². The molecule has 0 unspecified atom stereocenters. The number of hydrogen-bond acceptors (Lipinski definition) is 3. The number of likely N-dealkylation sites (tertiary alicyclic amines) is 1. The number of carbonyl (C=O) groups excluding carboxylic acids is 2. The molecule has 4 rings (SSSR count). The number of nitrogens with zero attached hydrogens (tertiary/aromatic N) is 2. The van der Waals surface area contributed by atoms with Crippen LogP contribution in [-0.2, 0) is 9.59 Å². The highest BCUT2D eigenvalue weighted by Gasteiger charge is 2.43. The molecule has 0 aliphatic carbocycles. The molecule has 2 amide bonds. The number of hydrogen-bond donors (Lipinski definition) is 0. The first-order chi connectivity index (χ1) is 13.5. The summed E-state index contributed by atoms with van der Waals surface area (Å²) in [5.41, 5.74) is 1.35. The van der Waals surface area contributed by atoms with E-state index in [0.29, 0.717) is 29.4 Å². The minimum Gasteiger partial charge on any atom is -0.366 e. The summed E-state index contributed by atoms with van der Waals surface area (Å²) in [5, 5.41) is 0.624. The molecule has 1 fully saturated rings. The van der Waals surface area contributed by atoms with E-state index in [9.17, 15) is 14.0 Å². The van der Waals surface area contributed by atoms with Gasteiger partial charge in [-0.15, -0.1) is 0 Å². The standard InChI is InChI=1S/C21H17Cl2FN2O2/c22-14-6-9-16(23)17(12-14)26-20(27)18(13-4-7-15(24)8-5-13)19(21(26)28)25-10-2-1-3-11-25/h4-9,12H,1-3,10-11H2. The molecule has 28 heavy (non-hydrogen) atoms. The molecule has 0 N–H and O–H groups in total. The molecule has 2 aliphatic heterocycles. The minimum absolute atomic E-state index is 0.246. The van der Waals surface area contributed by atoms with Crippen LogP contribution in [0.2, 0.25) is 10.0 Å². The fraction of sp³-hybridized carbons (Fsp3) is 0.238. The number of amides is 2. The normalized spacial score (nSPS) is 17.7. The molecule has 0 bridgehead atoms. The van der Waals surface area contributed by atoms with E-state index in [1.165, 1.54) is 30.3 Å². The summed E-state index contributed by atoms with van der Waals surface area (Å²) in [6.45, 7) is 1.38.